The molecule has 1 heterocycles. The number of benzene rings is 2. The van der Waals surface area contributed by atoms with Gasteiger partial charge in [-0.15, -0.1) is 0 Å². The predicted molar refractivity (Wildman–Crippen MR) is 110 cm³/mol. The van der Waals surface area contributed by atoms with Crippen LogP contribution in [0.25, 0.3) is 0 Å². The van der Waals surface area contributed by atoms with Gasteiger partial charge in [0, 0.05) is 16.5 Å². The lowest BCUT2D eigenvalue weighted by molar-refractivity contribution is -0.123. The van der Waals surface area contributed by atoms with Gasteiger partial charge in [-0.25, -0.2) is 5.01 Å². The number of hydrogen-bond donors (Lipinski definition) is 0. The fraction of sp³-hybridized carbons (Fsp3) is 0.273. The van der Waals surface area contributed by atoms with Gasteiger partial charge in [-0.2, -0.15) is 5.10 Å². The molecular weight excluding hydrogens is 376 g/mol. The van der Waals surface area contributed by atoms with Crippen molar-refractivity contribution in [1.82, 2.24) is 0 Å². The number of methoxy groups -OCH3 is 2. The normalized spacial score (nSPS) is 21.2. The van der Waals surface area contributed by atoms with Gasteiger partial charge in [0.25, 0.3) is 5.91 Å². The smallest absolute Gasteiger partial charge is 0.251 e. The van der Waals surface area contributed by atoms with E-state index in [1.807, 2.05) is 30.3 Å². The van der Waals surface area contributed by atoms with Gasteiger partial charge in [-0.3, -0.25) is 4.79 Å². The van der Waals surface area contributed by atoms with Crippen molar-refractivity contribution in [2.24, 2.45) is 16.9 Å². The predicted octanol–water partition coefficient (Wildman–Crippen LogP) is 4.69. The van der Waals surface area contributed by atoms with E-state index in [-0.39, 0.29) is 17.7 Å². The molecule has 0 spiro atoms. The van der Waals surface area contributed by atoms with Crippen LogP contribution < -0.4 is 14.5 Å². The first kappa shape index (κ1) is 18.6. The third kappa shape index (κ3) is 3.27. The van der Waals surface area contributed by atoms with Crippen molar-refractivity contribution in [3.8, 4) is 11.5 Å². The number of carbonyl (C=O) groups is 1. The minimum atomic E-state index is -0.138. The molecule has 6 heteroatoms. The third-order valence-corrected chi connectivity index (χ3v) is 5.52. The average molecular weight is 397 g/mol. The maximum atomic E-state index is 13.2. The average Bonchev–Trinajstić information content (AvgIpc) is 2.74. The second-order valence-corrected chi connectivity index (χ2v) is 7.27. The minimum absolute atomic E-state index is 0.0147. The topological polar surface area (TPSA) is 51.1 Å². The number of rotatable bonds is 4. The number of hydrogen-bond acceptors (Lipinski definition) is 4. The van der Waals surface area contributed by atoms with Crippen molar-refractivity contribution in [3.63, 3.8) is 0 Å². The Morgan fingerprint density at radius 2 is 1.64 bits per heavy atom. The van der Waals surface area contributed by atoms with Crippen molar-refractivity contribution in [3.05, 3.63) is 65.2 Å². The Morgan fingerprint density at radius 3 is 2.32 bits per heavy atom. The molecule has 0 aromatic heterocycles. The minimum Gasteiger partial charge on any atom is -0.493 e. The van der Waals surface area contributed by atoms with Gasteiger partial charge in [-0.1, -0.05) is 23.8 Å². The molecule has 2 aliphatic rings. The van der Waals surface area contributed by atoms with Crippen molar-refractivity contribution in [1.29, 1.82) is 0 Å². The summed E-state index contributed by atoms with van der Waals surface area (Å²) in [7, 11) is 3.22. The van der Waals surface area contributed by atoms with Crippen LogP contribution in [0, 0.1) is 11.8 Å². The highest BCUT2D eigenvalue weighted by Gasteiger charge is 2.40. The van der Waals surface area contributed by atoms with E-state index in [2.05, 4.69) is 12.2 Å². The summed E-state index contributed by atoms with van der Waals surface area (Å²) < 4.78 is 10.8. The highest BCUT2D eigenvalue weighted by Crippen LogP contribution is 2.38. The molecule has 2 aromatic rings. The Morgan fingerprint density at radius 1 is 0.964 bits per heavy atom. The Bertz CT molecular complexity index is 953. The lowest BCUT2D eigenvalue weighted by Crippen LogP contribution is -2.45. The first-order valence-corrected chi connectivity index (χ1v) is 9.55. The molecule has 4 rings (SSSR count). The molecule has 0 unspecified atom stereocenters. The Labute approximate surface area is 169 Å². The number of carbonyl (C=O) groups excluding carboxylic acids is 1. The van der Waals surface area contributed by atoms with E-state index >= 15 is 0 Å². The molecule has 1 amide bonds. The van der Waals surface area contributed by atoms with Crippen LogP contribution in [0.1, 0.15) is 18.4 Å². The van der Waals surface area contributed by atoms with Gasteiger partial charge in [0.1, 0.15) is 0 Å². The number of ether oxygens (including phenoxy) is 2. The first-order valence-electron chi connectivity index (χ1n) is 9.18. The largest absolute Gasteiger partial charge is 0.493 e. The summed E-state index contributed by atoms with van der Waals surface area (Å²) in [6.45, 7) is 0. The van der Waals surface area contributed by atoms with E-state index < -0.39 is 0 Å². The summed E-state index contributed by atoms with van der Waals surface area (Å²) in [5.41, 5.74) is 2.51. The van der Waals surface area contributed by atoms with Gasteiger partial charge in [-0.05, 0) is 55.3 Å². The summed E-state index contributed by atoms with van der Waals surface area (Å²) in [6.07, 6.45) is 5.71. The number of fused-ring (bicyclic) bond motifs is 1. The SMILES string of the molecule is COc1ccc(C2=NN(c3ccc(Cl)cc3)C(=O)[C@@H]3CC=CC[C@H]23)cc1OC. The molecule has 2 atom stereocenters. The third-order valence-electron chi connectivity index (χ3n) is 5.27. The zero-order valence-electron chi connectivity index (χ0n) is 15.8. The van der Waals surface area contributed by atoms with Crippen LogP contribution in [0.4, 0.5) is 5.69 Å². The van der Waals surface area contributed by atoms with E-state index in [1.54, 1.807) is 26.4 Å². The zero-order chi connectivity index (χ0) is 19.7. The number of halogens is 1. The quantitative estimate of drug-likeness (QED) is 0.704. The van der Waals surface area contributed by atoms with Crippen LogP contribution in [-0.2, 0) is 4.79 Å². The fourth-order valence-corrected chi connectivity index (χ4v) is 3.94. The van der Waals surface area contributed by atoms with Crippen molar-refractivity contribution in [2.75, 3.05) is 19.2 Å². The van der Waals surface area contributed by atoms with Gasteiger partial charge >= 0.3 is 0 Å². The number of hydrazone groups is 1. The second kappa shape index (κ2) is 7.68. The molecule has 5 nitrogen and oxygen atoms in total. The van der Waals surface area contributed by atoms with E-state index in [4.69, 9.17) is 26.2 Å². The Balaban J connectivity index is 1.82. The molecule has 0 saturated carbocycles. The standard InChI is InChI=1S/C22H21ClN2O3/c1-27-19-12-7-14(13-20(19)28-2)21-17-5-3-4-6-18(17)22(26)25(24-21)16-10-8-15(23)9-11-16/h3-4,7-13,17-18H,5-6H2,1-2H3/t17-,18+/m0/s1. The van der Waals surface area contributed by atoms with Crippen LogP contribution in [0.2, 0.25) is 5.02 Å². The van der Waals surface area contributed by atoms with Crippen LogP contribution in [0.15, 0.2) is 59.7 Å². The maximum Gasteiger partial charge on any atom is 0.251 e. The Kier molecular flexibility index (Phi) is 5.09. The zero-order valence-corrected chi connectivity index (χ0v) is 16.5. The molecule has 0 fully saturated rings. The number of nitrogens with zero attached hydrogens (tertiary/aromatic N) is 2. The molecule has 0 N–H and O–H groups in total. The maximum absolute atomic E-state index is 13.2. The highest BCUT2D eigenvalue weighted by atomic mass is 35.5. The second-order valence-electron chi connectivity index (χ2n) is 6.84. The summed E-state index contributed by atoms with van der Waals surface area (Å²) in [6, 6.07) is 12.9. The van der Waals surface area contributed by atoms with Crippen LogP contribution in [-0.4, -0.2) is 25.8 Å². The lowest BCUT2D eigenvalue weighted by atomic mass is 9.76. The monoisotopic (exact) mass is 396 g/mol. The highest BCUT2D eigenvalue weighted by molar-refractivity contribution is 6.30. The van der Waals surface area contributed by atoms with Crippen LogP contribution >= 0.6 is 11.6 Å². The lowest BCUT2D eigenvalue weighted by Gasteiger charge is -2.37. The molecule has 0 bridgehead atoms. The van der Waals surface area contributed by atoms with E-state index in [0.717, 1.165) is 17.7 Å². The molecule has 144 valence electrons. The van der Waals surface area contributed by atoms with E-state index in [1.165, 1.54) is 5.01 Å². The van der Waals surface area contributed by atoms with E-state index in [9.17, 15) is 4.79 Å². The molecule has 0 saturated heterocycles. The van der Waals surface area contributed by atoms with E-state index in [0.29, 0.717) is 28.6 Å². The number of amides is 1. The number of anilines is 1. The summed E-state index contributed by atoms with van der Waals surface area (Å²) in [5.74, 6) is 1.22. The summed E-state index contributed by atoms with van der Waals surface area (Å²) >= 11 is 6.01. The molecular formula is C22H21ClN2O3. The first-order chi connectivity index (χ1) is 13.6. The number of allylic oxidation sites excluding steroid dienone is 2. The molecule has 28 heavy (non-hydrogen) atoms. The summed E-state index contributed by atoms with van der Waals surface area (Å²) in [4.78, 5) is 13.2. The van der Waals surface area contributed by atoms with Gasteiger partial charge < -0.3 is 9.47 Å². The molecule has 1 aliphatic carbocycles. The fourth-order valence-electron chi connectivity index (χ4n) is 3.81. The molecule has 1 aliphatic heterocycles. The molecule has 2 aromatic carbocycles. The van der Waals surface area contributed by atoms with Crippen LogP contribution in [0.3, 0.4) is 0 Å². The molecule has 0 radical (unpaired) electrons. The summed E-state index contributed by atoms with van der Waals surface area (Å²) in [5, 5.41) is 6.90. The Hall–Kier alpha value is -2.79. The van der Waals surface area contributed by atoms with Gasteiger partial charge in [0.15, 0.2) is 11.5 Å². The van der Waals surface area contributed by atoms with Crippen molar-refractivity contribution in [2.45, 2.75) is 12.8 Å². The van der Waals surface area contributed by atoms with Crippen molar-refractivity contribution < 1.29 is 14.3 Å². The van der Waals surface area contributed by atoms with Crippen molar-refractivity contribution >= 4 is 28.9 Å². The van der Waals surface area contributed by atoms with Crippen LogP contribution in [0.5, 0.6) is 11.5 Å². The van der Waals surface area contributed by atoms with Gasteiger partial charge in [0.2, 0.25) is 0 Å². The van der Waals surface area contributed by atoms with Gasteiger partial charge in [0.05, 0.1) is 31.5 Å².